The predicted molar refractivity (Wildman–Crippen MR) is 164 cm³/mol. The topological polar surface area (TPSA) is 69.6 Å². The van der Waals surface area contributed by atoms with Crippen molar-refractivity contribution in [3.63, 3.8) is 0 Å². The minimum atomic E-state index is -1.08. The van der Waals surface area contributed by atoms with Crippen LogP contribution in [0.3, 0.4) is 0 Å². The summed E-state index contributed by atoms with van der Waals surface area (Å²) in [7, 11) is 0. The number of aliphatic hydroxyl groups is 1. The van der Waals surface area contributed by atoms with Gasteiger partial charge in [0.05, 0.1) is 12.6 Å². The lowest BCUT2D eigenvalue weighted by atomic mass is 9.63. The highest BCUT2D eigenvalue weighted by Crippen LogP contribution is 2.51. The zero-order valence-corrected chi connectivity index (χ0v) is 24.3. The molecule has 1 aliphatic heterocycles. The molecule has 2 aliphatic rings. The first kappa shape index (κ1) is 26.7. The number of hydrogen-bond acceptors (Lipinski definition) is 3. The van der Waals surface area contributed by atoms with Crippen LogP contribution in [0.25, 0.3) is 0 Å². The number of aliphatic hydroxyl groups excluding tert-OH is 1. The molecular formula is C34H31IN2O3. The summed E-state index contributed by atoms with van der Waals surface area (Å²) in [4.78, 5) is 31.0. The normalized spacial score (nSPS) is 20.2. The van der Waals surface area contributed by atoms with Crippen molar-refractivity contribution in [1.29, 1.82) is 0 Å². The smallest absolute Gasteiger partial charge is 0.255 e. The molecule has 0 spiro atoms. The van der Waals surface area contributed by atoms with Crippen LogP contribution in [0.4, 0.5) is 0 Å². The molecule has 0 radical (unpaired) electrons. The van der Waals surface area contributed by atoms with Crippen LogP contribution in [0.5, 0.6) is 0 Å². The fourth-order valence-corrected chi connectivity index (χ4v) is 6.54. The quantitative estimate of drug-likeness (QED) is 0.234. The van der Waals surface area contributed by atoms with E-state index in [1.807, 2.05) is 95.9 Å². The minimum absolute atomic E-state index is 0.0519. The molecule has 2 N–H and O–H groups in total. The van der Waals surface area contributed by atoms with Crippen LogP contribution >= 0.6 is 22.6 Å². The molecule has 4 aromatic rings. The average Bonchev–Trinajstić information content (AvgIpc) is 3.81. The Kier molecular flexibility index (Phi) is 7.47. The number of benzene rings is 4. The van der Waals surface area contributed by atoms with E-state index in [0.717, 1.165) is 44.2 Å². The van der Waals surface area contributed by atoms with Crippen molar-refractivity contribution >= 4 is 34.4 Å². The second kappa shape index (κ2) is 11.2. The van der Waals surface area contributed by atoms with Gasteiger partial charge >= 0.3 is 0 Å². The number of nitrogens with one attached hydrogen (secondary N) is 1. The highest BCUT2D eigenvalue weighted by Gasteiger charge is 2.56. The van der Waals surface area contributed by atoms with Crippen molar-refractivity contribution in [3.05, 3.63) is 140 Å². The van der Waals surface area contributed by atoms with Crippen molar-refractivity contribution in [2.45, 2.75) is 49.9 Å². The lowest BCUT2D eigenvalue weighted by Gasteiger charge is -2.50. The first-order valence-corrected chi connectivity index (χ1v) is 14.8. The summed E-state index contributed by atoms with van der Waals surface area (Å²) in [5, 5.41) is 13.1. The Morgan fingerprint density at radius 1 is 0.875 bits per heavy atom. The molecular weight excluding hydrogens is 611 g/mol. The number of amides is 2. The van der Waals surface area contributed by atoms with Gasteiger partial charge in [0.25, 0.3) is 5.91 Å². The van der Waals surface area contributed by atoms with Crippen LogP contribution in [0.15, 0.2) is 103 Å². The maximum atomic E-state index is 14.8. The number of hydrogen-bond donors (Lipinski definition) is 2. The van der Waals surface area contributed by atoms with Gasteiger partial charge < -0.3 is 15.3 Å². The second-order valence-corrected chi connectivity index (χ2v) is 11.9. The Labute approximate surface area is 248 Å². The SMILES string of the molecule is O=C1c2ccccc2[C@](Cc2ccccc2I)(C(=O)NC2CC2)[C@H](c2ccc(CO)cc2)N1Cc1ccccc1. The molecule has 0 saturated heterocycles. The zero-order chi connectivity index (χ0) is 27.7. The third kappa shape index (κ3) is 4.95. The Balaban J connectivity index is 1.63. The summed E-state index contributed by atoms with van der Waals surface area (Å²) in [5.74, 6) is -0.141. The summed E-state index contributed by atoms with van der Waals surface area (Å²) >= 11 is 2.34. The molecule has 1 fully saturated rings. The third-order valence-corrected chi connectivity index (χ3v) is 9.15. The molecule has 1 saturated carbocycles. The first-order chi connectivity index (χ1) is 19.5. The fraction of sp³-hybridized carbons (Fsp3) is 0.235. The molecule has 5 nitrogen and oxygen atoms in total. The van der Waals surface area contributed by atoms with Crippen LogP contribution in [-0.2, 0) is 29.8 Å². The molecule has 2 atom stereocenters. The second-order valence-electron chi connectivity index (χ2n) is 10.8. The maximum absolute atomic E-state index is 14.8. The van der Waals surface area contributed by atoms with E-state index in [-0.39, 0.29) is 24.5 Å². The van der Waals surface area contributed by atoms with Gasteiger partial charge in [-0.3, -0.25) is 9.59 Å². The Hall–Kier alpha value is -3.49. The van der Waals surface area contributed by atoms with Gasteiger partial charge in [-0.05, 0) is 81.8 Å². The van der Waals surface area contributed by atoms with E-state index in [2.05, 4.69) is 40.0 Å². The van der Waals surface area contributed by atoms with Crippen LogP contribution in [0.1, 0.15) is 57.1 Å². The van der Waals surface area contributed by atoms with Gasteiger partial charge in [0.2, 0.25) is 5.91 Å². The standard InChI is InChI=1S/C34H31IN2O3/c35-30-13-7-4-10-26(30)20-34(33(40)36-27-18-19-27)29-12-6-5-11-28(29)32(39)37(21-23-8-2-1-3-9-23)31(34)25-16-14-24(22-38)15-17-25/h1-17,27,31,38H,18-22H2,(H,36,40)/t31-,34-/m0/s1. The van der Waals surface area contributed by atoms with E-state index < -0.39 is 11.5 Å². The van der Waals surface area contributed by atoms with Gasteiger partial charge in [-0.15, -0.1) is 0 Å². The molecule has 6 heteroatoms. The Bertz CT molecular complexity index is 1530. The summed E-state index contributed by atoms with van der Waals surface area (Å²) in [6.45, 7) is 0.292. The van der Waals surface area contributed by atoms with Gasteiger partial charge in [-0.25, -0.2) is 0 Å². The number of carbonyl (C=O) groups excluding carboxylic acids is 2. The Morgan fingerprint density at radius 2 is 1.55 bits per heavy atom. The summed E-state index contributed by atoms with van der Waals surface area (Å²) in [5.41, 5.74) is 3.97. The molecule has 202 valence electrons. The van der Waals surface area contributed by atoms with Gasteiger partial charge in [0.1, 0.15) is 5.41 Å². The Morgan fingerprint density at radius 3 is 2.25 bits per heavy atom. The van der Waals surface area contributed by atoms with E-state index >= 15 is 0 Å². The lowest BCUT2D eigenvalue weighted by molar-refractivity contribution is -0.130. The molecule has 6 rings (SSSR count). The van der Waals surface area contributed by atoms with Crippen molar-refractivity contribution < 1.29 is 14.7 Å². The highest BCUT2D eigenvalue weighted by molar-refractivity contribution is 14.1. The summed E-state index contributed by atoms with van der Waals surface area (Å²) in [6, 6.07) is 33.0. The number of nitrogens with zero attached hydrogens (tertiary/aromatic N) is 1. The van der Waals surface area contributed by atoms with Gasteiger partial charge in [-0.1, -0.05) is 91.0 Å². The van der Waals surface area contributed by atoms with E-state index in [1.165, 1.54) is 0 Å². The number of carbonyl (C=O) groups is 2. The van der Waals surface area contributed by atoms with E-state index in [0.29, 0.717) is 18.5 Å². The molecule has 2 amide bonds. The van der Waals surface area contributed by atoms with E-state index in [1.54, 1.807) is 0 Å². The van der Waals surface area contributed by atoms with Crippen molar-refractivity contribution in [2.24, 2.45) is 0 Å². The molecule has 40 heavy (non-hydrogen) atoms. The van der Waals surface area contributed by atoms with Crippen molar-refractivity contribution in [3.8, 4) is 0 Å². The maximum Gasteiger partial charge on any atom is 0.255 e. The molecule has 1 aliphatic carbocycles. The molecule has 1 heterocycles. The molecule has 0 aromatic heterocycles. The molecule has 0 bridgehead atoms. The number of halogens is 1. The van der Waals surface area contributed by atoms with Crippen molar-refractivity contribution in [2.75, 3.05) is 0 Å². The summed E-state index contributed by atoms with van der Waals surface area (Å²) < 4.78 is 1.08. The largest absolute Gasteiger partial charge is 0.392 e. The number of fused-ring (bicyclic) bond motifs is 1. The van der Waals surface area contributed by atoms with Gasteiger partial charge in [0, 0.05) is 21.7 Å². The van der Waals surface area contributed by atoms with Crippen LogP contribution in [0.2, 0.25) is 0 Å². The molecule has 4 aromatic carbocycles. The fourth-order valence-electron chi connectivity index (χ4n) is 5.96. The van der Waals surface area contributed by atoms with Crippen LogP contribution < -0.4 is 5.32 Å². The average molecular weight is 643 g/mol. The highest BCUT2D eigenvalue weighted by atomic mass is 127. The van der Waals surface area contributed by atoms with Crippen molar-refractivity contribution in [1.82, 2.24) is 10.2 Å². The van der Waals surface area contributed by atoms with Gasteiger partial charge in [-0.2, -0.15) is 0 Å². The minimum Gasteiger partial charge on any atom is -0.392 e. The van der Waals surface area contributed by atoms with E-state index in [4.69, 9.17) is 0 Å². The summed E-state index contributed by atoms with van der Waals surface area (Å²) in [6.07, 6.45) is 2.37. The third-order valence-electron chi connectivity index (χ3n) is 8.10. The van der Waals surface area contributed by atoms with Crippen LogP contribution in [-0.4, -0.2) is 27.9 Å². The van der Waals surface area contributed by atoms with Crippen LogP contribution in [0, 0.1) is 3.57 Å². The molecule has 0 unspecified atom stereocenters. The predicted octanol–water partition coefficient (Wildman–Crippen LogP) is 5.94. The van der Waals surface area contributed by atoms with E-state index in [9.17, 15) is 14.7 Å². The zero-order valence-electron chi connectivity index (χ0n) is 22.1. The number of rotatable bonds is 8. The first-order valence-electron chi connectivity index (χ1n) is 13.7. The lowest BCUT2D eigenvalue weighted by Crippen LogP contribution is -2.59. The van der Waals surface area contributed by atoms with Gasteiger partial charge in [0.15, 0.2) is 0 Å². The monoisotopic (exact) mass is 642 g/mol.